The number of likely N-dealkylation sites (tertiary alicyclic amines) is 1. The van der Waals surface area contributed by atoms with Gasteiger partial charge in [0.2, 0.25) is 11.8 Å². The number of imide groups is 1. The SMILES string of the molecule is CCc1c(F)ccc2cc(O)cc(-c3nc4c5c(nc(OC[C@@]67CCCN6[C@H](COC(=O)N6CCC8(CC6)Cc6ccc(C9CCN(c%10ccc%11c(C%12CCC(=O)NC%12=O)nn(C)c%11c%10)CC9)cc6C8)CC7)nc5c3F)N3CCCOC[C@@H]3CC4)c12. The Morgan fingerprint density at radius 3 is 2.53 bits per heavy atom. The van der Waals surface area contributed by atoms with Crippen LogP contribution in [0.1, 0.15) is 129 Å². The number of hydrogen-bond donors (Lipinski definition) is 2. The van der Waals surface area contributed by atoms with Gasteiger partial charge in [0.05, 0.1) is 46.4 Å². The van der Waals surface area contributed by atoms with Crippen molar-refractivity contribution >= 4 is 62.0 Å². The second-order valence-corrected chi connectivity index (χ2v) is 26.0. The molecule has 3 aromatic heterocycles. The van der Waals surface area contributed by atoms with E-state index in [1.165, 1.54) is 28.8 Å². The minimum absolute atomic E-state index is 0.00265. The van der Waals surface area contributed by atoms with E-state index < -0.39 is 17.6 Å². The van der Waals surface area contributed by atoms with E-state index in [1.807, 2.05) is 23.6 Å². The molecule has 0 saturated carbocycles. The van der Waals surface area contributed by atoms with Crippen LogP contribution >= 0.6 is 0 Å². The Kier molecular flexibility index (Phi) is 13.9. The number of aryl methyl sites for hydroxylation is 3. The van der Waals surface area contributed by atoms with Crippen LogP contribution in [0.4, 0.5) is 25.1 Å². The van der Waals surface area contributed by atoms with Crippen LogP contribution in [-0.4, -0.2) is 141 Å². The van der Waals surface area contributed by atoms with Crippen molar-refractivity contribution in [3.05, 3.63) is 106 Å². The summed E-state index contributed by atoms with van der Waals surface area (Å²) in [6.45, 7) is 8.33. The molecule has 6 saturated heterocycles. The van der Waals surface area contributed by atoms with E-state index in [9.17, 15) is 19.5 Å². The maximum Gasteiger partial charge on any atom is 0.409 e. The van der Waals surface area contributed by atoms with Crippen molar-refractivity contribution in [1.29, 1.82) is 0 Å². The Hall–Kier alpha value is -7.51. The van der Waals surface area contributed by atoms with Gasteiger partial charge in [-0.15, -0.1) is 0 Å². The monoisotopic (exact) mass is 1170 g/mol. The molecule has 1 aliphatic carbocycles. The first-order chi connectivity index (χ1) is 41.8. The van der Waals surface area contributed by atoms with Gasteiger partial charge in [-0.3, -0.25) is 24.5 Å². The van der Waals surface area contributed by atoms with Crippen LogP contribution in [0.5, 0.6) is 11.8 Å². The molecule has 17 nitrogen and oxygen atoms in total. The number of pyridine rings is 1. The molecule has 1 unspecified atom stereocenters. The van der Waals surface area contributed by atoms with Crippen LogP contribution in [0.15, 0.2) is 60.7 Å². The van der Waals surface area contributed by atoms with Crippen LogP contribution in [0.3, 0.4) is 0 Å². The number of halogens is 2. The Balaban J connectivity index is 0.580. The van der Waals surface area contributed by atoms with E-state index in [-0.39, 0.29) is 70.5 Å². The lowest BCUT2D eigenvalue weighted by molar-refractivity contribution is -0.134. The summed E-state index contributed by atoms with van der Waals surface area (Å²) in [5, 5.41) is 20.8. The van der Waals surface area contributed by atoms with E-state index >= 15 is 8.78 Å². The van der Waals surface area contributed by atoms with Crippen molar-refractivity contribution < 1.29 is 42.5 Å². The normalized spacial score (nSPS) is 24.1. The molecule has 2 N–H and O–H groups in total. The molecule has 4 atom stereocenters. The number of piperidine rings is 3. The van der Waals surface area contributed by atoms with E-state index in [1.54, 1.807) is 12.1 Å². The van der Waals surface area contributed by atoms with Crippen LogP contribution < -0.4 is 19.9 Å². The van der Waals surface area contributed by atoms with Crippen molar-refractivity contribution in [2.75, 3.05) is 75.5 Å². The number of aromatic nitrogens is 5. The van der Waals surface area contributed by atoms with Gasteiger partial charge in [0.1, 0.15) is 41.8 Å². The number of ether oxygens (including phenoxy) is 3. The molecule has 86 heavy (non-hydrogen) atoms. The van der Waals surface area contributed by atoms with Crippen LogP contribution in [0, 0.1) is 17.0 Å². The number of hydrogen-bond acceptors (Lipinski definition) is 14. The highest BCUT2D eigenvalue weighted by Gasteiger charge is 2.51. The summed E-state index contributed by atoms with van der Waals surface area (Å²) in [7, 11) is 1.92. The summed E-state index contributed by atoms with van der Waals surface area (Å²) in [5.41, 5.74) is 8.49. The number of rotatable bonds is 10. The molecule has 8 aliphatic rings. The third-order valence-electron chi connectivity index (χ3n) is 21.1. The molecule has 0 bridgehead atoms. The third kappa shape index (κ3) is 9.56. The molecule has 15 rings (SSSR count). The number of aromatic hydroxyl groups is 1. The van der Waals surface area contributed by atoms with E-state index in [0.29, 0.717) is 116 Å². The number of nitrogens with zero attached hydrogens (tertiary/aromatic N) is 9. The summed E-state index contributed by atoms with van der Waals surface area (Å²) >= 11 is 0. The molecule has 10 heterocycles. The van der Waals surface area contributed by atoms with Crippen molar-refractivity contribution in [2.45, 2.75) is 139 Å². The minimum Gasteiger partial charge on any atom is -0.508 e. The topological polar surface area (TPSA) is 181 Å². The Morgan fingerprint density at radius 1 is 0.849 bits per heavy atom. The summed E-state index contributed by atoms with van der Waals surface area (Å²) < 4.78 is 53.9. The van der Waals surface area contributed by atoms with Gasteiger partial charge in [0.25, 0.3) is 0 Å². The zero-order chi connectivity index (χ0) is 58.6. The number of nitrogens with one attached hydrogen (secondary N) is 1. The van der Waals surface area contributed by atoms with Gasteiger partial charge in [-0.2, -0.15) is 15.1 Å². The van der Waals surface area contributed by atoms with Gasteiger partial charge < -0.3 is 34.0 Å². The van der Waals surface area contributed by atoms with Crippen LogP contribution in [-0.2, 0) is 51.8 Å². The fraction of sp³-hybridized carbons (Fsp3) is 0.507. The lowest BCUT2D eigenvalue weighted by atomic mass is 9.76. The summed E-state index contributed by atoms with van der Waals surface area (Å²) in [5.74, 6) is -1.00. The van der Waals surface area contributed by atoms with Crippen LogP contribution in [0.2, 0.25) is 0 Å². The zero-order valence-corrected chi connectivity index (χ0v) is 49.1. The van der Waals surface area contributed by atoms with Gasteiger partial charge in [0.15, 0.2) is 5.82 Å². The van der Waals surface area contributed by atoms with Gasteiger partial charge in [0, 0.05) is 75.5 Å². The Morgan fingerprint density at radius 2 is 1.70 bits per heavy atom. The molecule has 0 radical (unpaired) electrons. The van der Waals surface area contributed by atoms with E-state index in [0.717, 1.165) is 113 Å². The second kappa shape index (κ2) is 21.7. The molecular formula is C67H74F2N10O7. The maximum absolute atomic E-state index is 17.6. The third-order valence-corrected chi connectivity index (χ3v) is 21.1. The summed E-state index contributed by atoms with van der Waals surface area (Å²) in [6.07, 6.45) is 12.6. The minimum atomic E-state index is -0.678. The van der Waals surface area contributed by atoms with Gasteiger partial charge >= 0.3 is 12.1 Å². The lowest BCUT2D eigenvalue weighted by Gasteiger charge is -2.39. The summed E-state index contributed by atoms with van der Waals surface area (Å²) in [4.78, 5) is 62.4. The average molecular weight is 1170 g/mol. The fourth-order valence-electron chi connectivity index (χ4n) is 16.5. The smallest absolute Gasteiger partial charge is 0.409 e. The number of amides is 3. The van der Waals surface area contributed by atoms with Crippen molar-refractivity contribution in [1.82, 2.24) is 39.8 Å². The number of benzene rings is 4. The highest BCUT2D eigenvalue weighted by Crippen LogP contribution is 2.48. The fourth-order valence-corrected chi connectivity index (χ4v) is 16.5. The lowest BCUT2D eigenvalue weighted by Crippen LogP contribution is -2.49. The maximum atomic E-state index is 17.6. The number of carbonyl (C=O) groups excluding carboxylic acids is 3. The predicted molar refractivity (Wildman–Crippen MR) is 322 cm³/mol. The molecule has 3 amide bonds. The Bertz CT molecular complexity index is 3900. The number of phenols is 1. The highest BCUT2D eigenvalue weighted by molar-refractivity contribution is 6.04. The molecule has 7 aliphatic heterocycles. The number of carbonyl (C=O) groups is 3. The van der Waals surface area contributed by atoms with Crippen molar-refractivity contribution in [2.24, 2.45) is 12.5 Å². The first-order valence-electron chi connectivity index (χ1n) is 31.5. The number of phenolic OH excluding ortho intramolecular Hbond substituents is 1. The van der Waals surface area contributed by atoms with Crippen molar-refractivity contribution in [3.8, 4) is 23.0 Å². The van der Waals surface area contributed by atoms with Crippen LogP contribution in [0.25, 0.3) is 43.8 Å². The first kappa shape index (κ1) is 55.1. The Labute approximate surface area is 498 Å². The van der Waals surface area contributed by atoms with E-state index in [4.69, 9.17) is 34.3 Å². The quantitative estimate of drug-likeness (QED) is 0.124. The summed E-state index contributed by atoms with van der Waals surface area (Å²) in [6, 6.07) is 19.8. The number of anilines is 2. The molecule has 1 spiro atoms. The first-order valence-corrected chi connectivity index (χ1v) is 31.5. The average Bonchev–Trinajstić information content (AvgIpc) is 1.13. The predicted octanol–water partition coefficient (Wildman–Crippen LogP) is 10.1. The largest absolute Gasteiger partial charge is 0.508 e. The molecule has 448 valence electrons. The molecule has 7 aromatic rings. The van der Waals surface area contributed by atoms with Gasteiger partial charge in [-0.1, -0.05) is 31.2 Å². The van der Waals surface area contributed by atoms with Crippen molar-refractivity contribution in [3.63, 3.8) is 0 Å². The van der Waals surface area contributed by atoms with Gasteiger partial charge in [-0.25, -0.2) is 18.6 Å². The zero-order valence-electron chi connectivity index (χ0n) is 49.1. The molecule has 6 fully saturated rings. The van der Waals surface area contributed by atoms with E-state index in [2.05, 4.69) is 56.4 Å². The molecular weight excluding hydrogens is 1090 g/mol. The van der Waals surface area contributed by atoms with Gasteiger partial charge in [-0.05, 0) is 184 Å². The second-order valence-electron chi connectivity index (χ2n) is 26.0. The standard InChI is InChI=1S/C67H74F2N10O7/c1-3-48-52(68)13-8-41-31-47(80)33-51(56(41)48)60-58(69)61-57-53(70-60)14-10-45-36-84-29-5-23-78(45)62(57)73-64(72-61)86-38-67-19-4-24-79(67)46(16-20-67)37-85-65(83)77-27-21-66(22-28-77)34-42-7-6-40(30-43(42)35-66)39-17-25-76(26-18-39)44-9-11-49-54(32-44)75(2)74-59(49)50-12-15-55(81)71-63(50)82/h6-9,11,13,30-33,39,45-46,50,80H,3-5,10,12,14-29,34-38H2,1-2H3,(H,71,81,82)/t45-,46-,50?,67-/m0/s1. The highest BCUT2D eigenvalue weighted by atomic mass is 19.1. The number of fused-ring (bicyclic) bond motifs is 6. The molecule has 19 heteroatoms. The molecule has 4 aromatic carbocycles.